The standard InChI is InChI=1S/C16H16BrNO4/c1-21-16(20)10-18-15(19)9-7-13-6-8-14(22-13)11-2-4-12(17)5-3-11/h2-6,8H,7,9-10H2,1H3,(H,18,19). The molecule has 0 saturated carbocycles. The van der Waals surface area contributed by atoms with Gasteiger partial charge in [-0.2, -0.15) is 0 Å². The van der Waals surface area contributed by atoms with Gasteiger partial charge in [0.25, 0.3) is 0 Å². The van der Waals surface area contributed by atoms with E-state index in [1.165, 1.54) is 7.11 Å². The molecule has 0 saturated heterocycles. The molecule has 0 unspecified atom stereocenters. The van der Waals surface area contributed by atoms with Crippen molar-refractivity contribution in [3.8, 4) is 11.3 Å². The Labute approximate surface area is 136 Å². The van der Waals surface area contributed by atoms with Crippen molar-refractivity contribution in [3.05, 3.63) is 46.6 Å². The van der Waals surface area contributed by atoms with Gasteiger partial charge >= 0.3 is 5.97 Å². The molecule has 1 aromatic heterocycles. The summed E-state index contributed by atoms with van der Waals surface area (Å²) in [5.74, 6) is 0.805. The number of benzene rings is 1. The Balaban J connectivity index is 1.86. The molecule has 116 valence electrons. The maximum atomic E-state index is 11.6. The molecule has 0 aliphatic carbocycles. The lowest BCUT2D eigenvalue weighted by Crippen LogP contribution is -2.30. The number of carbonyl (C=O) groups is 2. The fraction of sp³-hybridized carbons (Fsp3) is 0.250. The van der Waals surface area contributed by atoms with Crippen molar-refractivity contribution >= 4 is 27.8 Å². The molecule has 2 rings (SSSR count). The molecule has 1 heterocycles. The zero-order valence-corrected chi connectivity index (χ0v) is 13.7. The lowest BCUT2D eigenvalue weighted by Gasteiger charge is -2.02. The van der Waals surface area contributed by atoms with E-state index in [0.29, 0.717) is 6.42 Å². The average molecular weight is 366 g/mol. The largest absolute Gasteiger partial charge is 0.468 e. The number of halogens is 1. The van der Waals surface area contributed by atoms with Crippen LogP contribution in [0, 0.1) is 0 Å². The van der Waals surface area contributed by atoms with E-state index in [2.05, 4.69) is 26.0 Å². The Morgan fingerprint density at radius 1 is 1.18 bits per heavy atom. The van der Waals surface area contributed by atoms with Crippen LogP contribution in [0.3, 0.4) is 0 Å². The highest BCUT2D eigenvalue weighted by Crippen LogP contribution is 2.24. The van der Waals surface area contributed by atoms with Crippen LogP contribution in [-0.4, -0.2) is 25.5 Å². The number of amides is 1. The highest BCUT2D eigenvalue weighted by atomic mass is 79.9. The average Bonchev–Trinajstić information content (AvgIpc) is 3.00. The predicted octanol–water partition coefficient (Wildman–Crippen LogP) is 2.93. The second kappa shape index (κ2) is 7.79. The van der Waals surface area contributed by atoms with E-state index in [9.17, 15) is 9.59 Å². The molecule has 0 radical (unpaired) electrons. The van der Waals surface area contributed by atoms with E-state index < -0.39 is 5.97 Å². The molecular weight excluding hydrogens is 350 g/mol. The van der Waals surface area contributed by atoms with Crippen LogP contribution in [0.4, 0.5) is 0 Å². The van der Waals surface area contributed by atoms with Gasteiger partial charge in [0.1, 0.15) is 18.1 Å². The molecule has 5 nitrogen and oxygen atoms in total. The van der Waals surface area contributed by atoms with Crippen LogP contribution in [-0.2, 0) is 20.7 Å². The second-order valence-corrected chi connectivity index (χ2v) is 5.54. The Bertz CT molecular complexity index is 648. The van der Waals surface area contributed by atoms with Gasteiger partial charge in [0.05, 0.1) is 7.11 Å². The van der Waals surface area contributed by atoms with Gasteiger partial charge in [0.2, 0.25) is 5.91 Å². The second-order valence-electron chi connectivity index (χ2n) is 4.63. The maximum Gasteiger partial charge on any atom is 0.325 e. The summed E-state index contributed by atoms with van der Waals surface area (Å²) in [7, 11) is 1.28. The molecule has 0 aliphatic heterocycles. The van der Waals surface area contributed by atoms with Crippen LogP contribution in [0.2, 0.25) is 0 Å². The van der Waals surface area contributed by atoms with Crippen LogP contribution in [0.25, 0.3) is 11.3 Å². The summed E-state index contributed by atoms with van der Waals surface area (Å²) in [6.45, 7) is -0.113. The molecule has 22 heavy (non-hydrogen) atoms. The van der Waals surface area contributed by atoms with E-state index in [1.807, 2.05) is 36.4 Å². The molecule has 1 aromatic carbocycles. The summed E-state index contributed by atoms with van der Waals surface area (Å²) >= 11 is 3.39. The van der Waals surface area contributed by atoms with E-state index >= 15 is 0 Å². The summed E-state index contributed by atoms with van der Waals surface area (Å²) < 4.78 is 11.2. The molecule has 6 heteroatoms. The lowest BCUT2D eigenvalue weighted by atomic mass is 10.2. The van der Waals surface area contributed by atoms with Crippen molar-refractivity contribution in [2.24, 2.45) is 0 Å². The molecule has 1 N–H and O–H groups in total. The maximum absolute atomic E-state index is 11.6. The van der Waals surface area contributed by atoms with Crippen molar-refractivity contribution < 1.29 is 18.7 Å². The highest BCUT2D eigenvalue weighted by Gasteiger charge is 2.09. The number of esters is 1. The number of rotatable bonds is 6. The van der Waals surface area contributed by atoms with Gasteiger partial charge in [-0.25, -0.2) is 0 Å². The zero-order valence-electron chi connectivity index (χ0n) is 12.1. The summed E-state index contributed by atoms with van der Waals surface area (Å²) in [6.07, 6.45) is 0.730. The first-order chi connectivity index (χ1) is 10.6. The van der Waals surface area contributed by atoms with Crippen molar-refractivity contribution in [2.75, 3.05) is 13.7 Å². The molecule has 2 aromatic rings. The number of ether oxygens (including phenoxy) is 1. The molecule has 1 amide bonds. The fourth-order valence-corrected chi connectivity index (χ4v) is 2.11. The third kappa shape index (κ3) is 4.73. The van der Waals surface area contributed by atoms with Crippen molar-refractivity contribution in [1.29, 1.82) is 0 Å². The molecule has 0 spiro atoms. The molecule has 0 bridgehead atoms. The number of hydrogen-bond donors (Lipinski definition) is 1. The van der Waals surface area contributed by atoms with Crippen LogP contribution in [0.1, 0.15) is 12.2 Å². The minimum absolute atomic E-state index is 0.113. The van der Waals surface area contributed by atoms with E-state index in [4.69, 9.17) is 4.42 Å². The molecular formula is C16H16BrNO4. The summed E-state index contributed by atoms with van der Waals surface area (Å²) in [5.41, 5.74) is 0.976. The van der Waals surface area contributed by atoms with Crippen LogP contribution < -0.4 is 5.32 Å². The molecule has 0 fully saturated rings. The van der Waals surface area contributed by atoms with Gasteiger partial charge in [0.15, 0.2) is 0 Å². The number of aryl methyl sites for hydroxylation is 1. The van der Waals surface area contributed by atoms with Crippen LogP contribution in [0.15, 0.2) is 45.3 Å². The summed E-state index contributed by atoms with van der Waals surface area (Å²) in [4.78, 5) is 22.5. The first-order valence-corrected chi connectivity index (χ1v) is 7.56. The number of carbonyl (C=O) groups excluding carboxylic acids is 2. The van der Waals surface area contributed by atoms with Crippen molar-refractivity contribution in [3.63, 3.8) is 0 Å². The minimum atomic E-state index is -0.469. The first-order valence-electron chi connectivity index (χ1n) is 6.76. The summed E-state index contributed by atoms with van der Waals surface area (Å²) in [5, 5.41) is 2.49. The fourth-order valence-electron chi connectivity index (χ4n) is 1.85. The Morgan fingerprint density at radius 2 is 1.91 bits per heavy atom. The molecule has 0 atom stereocenters. The number of hydrogen-bond acceptors (Lipinski definition) is 4. The normalized spacial score (nSPS) is 10.3. The molecule has 0 aliphatic rings. The van der Waals surface area contributed by atoms with Gasteiger partial charge in [-0.15, -0.1) is 0 Å². The van der Waals surface area contributed by atoms with Crippen molar-refractivity contribution in [1.82, 2.24) is 5.32 Å². The number of furan rings is 1. The van der Waals surface area contributed by atoms with Gasteiger partial charge in [-0.05, 0) is 24.3 Å². The monoisotopic (exact) mass is 365 g/mol. The van der Waals surface area contributed by atoms with Gasteiger partial charge < -0.3 is 14.5 Å². The van der Waals surface area contributed by atoms with E-state index in [1.54, 1.807) is 0 Å². The predicted molar refractivity (Wildman–Crippen MR) is 85.2 cm³/mol. The lowest BCUT2D eigenvalue weighted by molar-refractivity contribution is -0.141. The van der Waals surface area contributed by atoms with Crippen LogP contribution >= 0.6 is 15.9 Å². The summed E-state index contributed by atoms with van der Waals surface area (Å²) in [6, 6.07) is 11.5. The van der Waals surface area contributed by atoms with Gasteiger partial charge in [0, 0.05) is 22.9 Å². The Kier molecular flexibility index (Phi) is 5.77. The number of methoxy groups -OCH3 is 1. The highest BCUT2D eigenvalue weighted by molar-refractivity contribution is 9.10. The SMILES string of the molecule is COC(=O)CNC(=O)CCc1ccc(-c2ccc(Br)cc2)o1. The topological polar surface area (TPSA) is 68.5 Å². The Morgan fingerprint density at radius 3 is 2.59 bits per heavy atom. The smallest absolute Gasteiger partial charge is 0.325 e. The van der Waals surface area contributed by atoms with Gasteiger partial charge in [-0.3, -0.25) is 9.59 Å². The van der Waals surface area contributed by atoms with Crippen molar-refractivity contribution in [2.45, 2.75) is 12.8 Å². The zero-order chi connectivity index (χ0) is 15.9. The quantitative estimate of drug-likeness (QED) is 0.799. The third-order valence-corrected chi connectivity index (χ3v) is 3.58. The third-order valence-electron chi connectivity index (χ3n) is 3.05. The van der Waals surface area contributed by atoms with Crippen LogP contribution in [0.5, 0.6) is 0 Å². The van der Waals surface area contributed by atoms with Gasteiger partial charge in [-0.1, -0.05) is 28.1 Å². The number of nitrogens with one attached hydrogen (secondary N) is 1. The minimum Gasteiger partial charge on any atom is -0.468 e. The first kappa shape index (κ1) is 16.3. The van der Waals surface area contributed by atoms with E-state index in [0.717, 1.165) is 21.6 Å². The Hall–Kier alpha value is -2.08. The van der Waals surface area contributed by atoms with E-state index in [-0.39, 0.29) is 18.9 Å².